The molecule has 1 saturated heterocycles. The number of likely N-dealkylation sites (N-methyl/N-ethyl adjacent to an activating group) is 1. The highest BCUT2D eigenvalue weighted by atomic mass is 35.5. The van der Waals surface area contributed by atoms with Crippen molar-refractivity contribution >= 4 is 11.6 Å². The van der Waals surface area contributed by atoms with Crippen LogP contribution in [0, 0.1) is 6.92 Å². The Kier molecular flexibility index (Phi) is 3.85. The van der Waals surface area contributed by atoms with Gasteiger partial charge in [0.05, 0.1) is 0 Å². The third kappa shape index (κ3) is 2.97. The van der Waals surface area contributed by atoms with E-state index in [1.807, 2.05) is 6.07 Å². The molecule has 2 rings (SSSR count). The van der Waals surface area contributed by atoms with E-state index in [9.17, 15) is 0 Å². The standard InChI is InChI=1S/C13H19ClN2/c1-10-7-11(3-4-13(10)14)8-15-12-5-6-16(2)9-12/h3-4,7,12,15H,5-6,8-9H2,1-2H3. The summed E-state index contributed by atoms with van der Waals surface area (Å²) in [5.74, 6) is 0. The molecule has 88 valence electrons. The zero-order valence-corrected chi connectivity index (χ0v) is 10.7. The molecule has 0 amide bonds. The molecule has 1 aliphatic rings. The highest BCUT2D eigenvalue weighted by molar-refractivity contribution is 6.31. The molecule has 1 aromatic rings. The largest absolute Gasteiger partial charge is 0.309 e. The highest BCUT2D eigenvalue weighted by Gasteiger charge is 2.18. The maximum absolute atomic E-state index is 6.00. The van der Waals surface area contributed by atoms with Gasteiger partial charge in [0.1, 0.15) is 0 Å². The molecule has 0 saturated carbocycles. The Hall–Kier alpha value is -0.570. The molecule has 0 aliphatic carbocycles. The van der Waals surface area contributed by atoms with Gasteiger partial charge in [0.25, 0.3) is 0 Å². The summed E-state index contributed by atoms with van der Waals surface area (Å²) in [4.78, 5) is 2.37. The number of rotatable bonds is 3. The van der Waals surface area contributed by atoms with Gasteiger partial charge >= 0.3 is 0 Å². The fourth-order valence-corrected chi connectivity index (χ4v) is 2.30. The second kappa shape index (κ2) is 5.17. The van der Waals surface area contributed by atoms with Gasteiger partial charge in [-0.1, -0.05) is 23.7 Å². The quantitative estimate of drug-likeness (QED) is 0.870. The summed E-state index contributed by atoms with van der Waals surface area (Å²) >= 11 is 6.00. The molecule has 1 aromatic carbocycles. The van der Waals surface area contributed by atoms with Crippen molar-refractivity contribution in [1.29, 1.82) is 0 Å². The summed E-state index contributed by atoms with van der Waals surface area (Å²) in [5.41, 5.74) is 2.47. The highest BCUT2D eigenvalue weighted by Crippen LogP contribution is 2.16. The van der Waals surface area contributed by atoms with Crippen LogP contribution < -0.4 is 5.32 Å². The predicted molar refractivity (Wildman–Crippen MR) is 68.9 cm³/mol. The fraction of sp³-hybridized carbons (Fsp3) is 0.538. The van der Waals surface area contributed by atoms with Crippen molar-refractivity contribution in [3.63, 3.8) is 0 Å². The van der Waals surface area contributed by atoms with Crippen molar-refractivity contribution in [3.8, 4) is 0 Å². The number of aryl methyl sites for hydroxylation is 1. The topological polar surface area (TPSA) is 15.3 Å². The molecule has 1 fully saturated rings. The van der Waals surface area contributed by atoms with Gasteiger partial charge in [-0.2, -0.15) is 0 Å². The monoisotopic (exact) mass is 238 g/mol. The van der Waals surface area contributed by atoms with Crippen molar-refractivity contribution < 1.29 is 0 Å². The number of halogens is 1. The molecule has 1 unspecified atom stereocenters. The van der Waals surface area contributed by atoms with Crippen LogP contribution in [-0.2, 0) is 6.54 Å². The Morgan fingerprint density at radius 2 is 2.31 bits per heavy atom. The van der Waals surface area contributed by atoms with Gasteiger partial charge in [-0.15, -0.1) is 0 Å². The second-order valence-electron chi connectivity index (χ2n) is 4.71. The molecule has 1 N–H and O–H groups in total. The van der Waals surface area contributed by atoms with Gasteiger partial charge in [0.2, 0.25) is 0 Å². The first-order valence-corrected chi connectivity index (χ1v) is 6.20. The normalized spacial score (nSPS) is 21.6. The Bertz CT molecular complexity index is 365. The molecule has 0 spiro atoms. The first-order chi connectivity index (χ1) is 7.65. The summed E-state index contributed by atoms with van der Waals surface area (Å²) < 4.78 is 0. The zero-order chi connectivity index (χ0) is 11.5. The van der Waals surface area contributed by atoms with Crippen LogP contribution in [0.2, 0.25) is 5.02 Å². The Morgan fingerprint density at radius 3 is 2.94 bits per heavy atom. The number of nitrogens with one attached hydrogen (secondary N) is 1. The van der Waals surface area contributed by atoms with E-state index in [0.29, 0.717) is 6.04 Å². The summed E-state index contributed by atoms with van der Waals surface area (Å²) in [6.07, 6.45) is 1.25. The number of likely N-dealkylation sites (tertiary alicyclic amines) is 1. The lowest BCUT2D eigenvalue weighted by atomic mass is 10.1. The van der Waals surface area contributed by atoms with E-state index >= 15 is 0 Å². The Morgan fingerprint density at radius 1 is 1.50 bits per heavy atom. The second-order valence-corrected chi connectivity index (χ2v) is 5.12. The molecule has 1 heterocycles. The number of nitrogens with zero attached hydrogens (tertiary/aromatic N) is 1. The first-order valence-electron chi connectivity index (χ1n) is 5.82. The van der Waals surface area contributed by atoms with Crippen molar-refractivity contribution in [2.45, 2.75) is 25.9 Å². The molecule has 3 heteroatoms. The summed E-state index contributed by atoms with van der Waals surface area (Å²) in [5, 5.41) is 4.44. The van der Waals surface area contributed by atoms with E-state index in [0.717, 1.165) is 23.7 Å². The van der Waals surface area contributed by atoms with E-state index in [4.69, 9.17) is 11.6 Å². The summed E-state index contributed by atoms with van der Waals surface area (Å²) in [6, 6.07) is 6.88. The van der Waals surface area contributed by atoms with Crippen LogP contribution in [0.3, 0.4) is 0 Å². The van der Waals surface area contributed by atoms with Crippen molar-refractivity contribution in [3.05, 3.63) is 34.3 Å². The van der Waals surface area contributed by atoms with Gasteiger partial charge in [-0.3, -0.25) is 0 Å². The minimum Gasteiger partial charge on any atom is -0.309 e. The Balaban J connectivity index is 1.87. The third-order valence-electron chi connectivity index (χ3n) is 3.21. The van der Waals surface area contributed by atoms with Crippen molar-refractivity contribution in [2.24, 2.45) is 0 Å². The smallest absolute Gasteiger partial charge is 0.0435 e. The van der Waals surface area contributed by atoms with Crippen LogP contribution in [0.4, 0.5) is 0 Å². The lowest BCUT2D eigenvalue weighted by molar-refractivity contribution is 0.397. The molecule has 16 heavy (non-hydrogen) atoms. The molecular weight excluding hydrogens is 220 g/mol. The molecular formula is C13H19ClN2. The van der Waals surface area contributed by atoms with Crippen LogP contribution >= 0.6 is 11.6 Å². The zero-order valence-electron chi connectivity index (χ0n) is 9.96. The minimum absolute atomic E-state index is 0.640. The molecule has 2 nitrogen and oxygen atoms in total. The van der Waals surface area contributed by atoms with Crippen LogP contribution in [-0.4, -0.2) is 31.1 Å². The van der Waals surface area contributed by atoms with E-state index in [2.05, 4.69) is 36.3 Å². The van der Waals surface area contributed by atoms with E-state index in [-0.39, 0.29) is 0 Å². The lowest BCUT2D eigenvalue weighted by Crippen LogP contribution is -2.30. The molecule has 1 atom stereocenters. The molecule has 1 aliphatic heterocycles. The SMILES string of the molecule is Cc1cc(CNC2CCN(C)C2)ccc1Cl. The first kappa shape index (κ1) is 11.9. The lowest BCUT2D eigenvalue weighted by Gasteiger charge is -2.13. The number of hydrogen-bond donors (Lipinski definition) is 1. The van der Waals surface area contributed by atoms with Crippen LogP contribution in [0.25, 0.3) is 0 Å². The van der Waals surface area contributed by atoms with E-state index < -0.39 is 0 Å². The number of hydrogen-bond acceptors (Lipinski definition) is 2. The van der Waals surface area contributed by atoms with Crippen molar-refractivity contribution in [2.75, 3.05) is 20.1 Å². The summed E-state index contributed by atoms with van der Waals surface area (Å²) in [6.45, 7) is 5.36. The van der Waals surface area contributed by atoms with Crippen LogP contribution in [0.15, 0.2) is 18.2 Å². The molecule has 0 bridgehead atoms. The van der Waals surface area contributed by atoms with Crippen LogP contribution in [0.5, 0.6) is 0 Å². The summed E-state index contributed by atoms with van der Waals surface area (Å²) in [7, 11) is 2.17. The predicted octanol–water partition coefficient (Wildman–Crippen LogP) is 2.44. The van der Waals surface area contributed by atoms with E-state index in [1.54, 1.807) is 0 Å². The maximum Gasteiger partial charge on any atom is 0.0435 e. The maximum atomic E-state index is 6.00. The van der Waals surface area contributed by atoms with Crippen LogP contribution in [0.1, 0.15) is 17.5 Å². The number of benzene rings is 1. The van der Waals surface area contributed by atoms with Gasteiger partial charge in [-0.25, -0.2) is 0 Å². The molecule has 0 aromatic heterocycles. The van der Waals surface area contributed by atoms with Gasteiger partial charge < -0.3 is 10.2 Å². The average Bonchev–Trinajstić information content (AvgIpc) is 2.66. The fourth-order valence-electron chi connectivity index (χ4n) is 2.18. The van der Waals surface area contributed by atoms with E-state index in [1.165, 1.54) is 18.5 Å². The van der Waals surface area contributed by atoms with Gasteiger partial charge in [0.15, 0.2) is 0 Å². The van der Waals surface area contributed by atoms with Gasteiger partial charge in [0, 0.05) is 24.2 Å². The third-order valence-corrected chi connectivity index (χ3v) is 3.63. The average molecular weight is 239 g/mol. The van der Waals surface area contributed by atoms with Crippen molar-refractivity contribution in [1.82, 2.24) is 10.2 Å². The minimum atomic E-state index is 0.640. The Labute approximate surface area is 103 Å². The molecule has 0 radical (unpaired) electrons. The van der Waals surface area contributed by atoms with Gasteiger partial charge in [-0.05, 0) is 44.1 Å².